The molecule has 3 aromatic rings. The first kappa shape index (κ1) is 17.4. The lowest BCUT2D eigenvalue weighted by Crippen LogP contribution is -2.16. The van der Waals surface area contributed by atoms with Crippen LogP contribution in [0.4, 0.5) is 0 Å². The molecule has 27 heavy (non-hydrogen) atoms. The maximum absolute atomic E-state index is 12.6. The standard InChI is InChI=1S/C20H17ClN2O4/c1-23-15-5-4-13(21)11-14(15)22-20(23)16(24)6-3-12-9-17(25-2)19-18(10-12)26-7-8-27-19/h3-6,9-11H,7-8H2,1-2H3/b6-3+. The van der Waals surface area contributed by atoms with E-state index in [1.807, 2.05) is 12.1 Å². The Bertz CT molecular complexity index is 1050. The van der Waals surface area contributed by atoms with E-state index in [4.69, 9.17) is 25.8 Å². The van der Waals surface area contributed by atoms with E-state index in [0.29, 0.717) is 46.8 Å². The summed E-state index contributed by atoms with van der Waals surface area (Å²) >= 11 is 6.01. The van der Waals surface area contributed by atoms with E-state index in [0.717, 1.165) is 11.1 Å². The van der Waals surface area contributed by atoms with Gasteiger partial charge < -0.3 is 18.8 Å². The van der Waals surface area contributed by atoms with Crippen molar-refractivity contribution in [3.05, 3.63) is 52.8 Å². The van der Waals surface area contributed by atoms with E-state index < -0.39 is 0 Å². The predicted molar refractivity (Wildman–Crippen MR) is 103 cm³/mol. The Morgan fingerprint density at radius 3 is 2.89 bits per heavy atom. The predicted octanol–water partition coefficient (Wildman–Crippen LogP) is 3.90. The van der Waals surface area contributed by atoms with Crippen molar-refractivity contribution in [2.24, 2.45) is 7.05 Å². The average Bonchev–Trinajstić information content (AvgIpc) is 3.01. The van der Waals surface area contributed by atoms with Gasteiger partial charge in [0.25, 0.3) is 0 Å². The number of hydrogen-bond acceptors (Lipinski definition) is 5. The Morgan fingerprint density at radius 2 is 2.07 bits per heavy atom. The van der Waals surface area contributed by atoms with E-state index in [1.165, 1.54) is 6.08 Å². The lowest BCUT2D eigenvalue weighted by molar-refractivity contribution is 0.103. The maximum Gasteiger partial charge on any atom is 0.221 e. The highest BCUT2D eigenvalue weighted by molar-refractivity contribution is 6.31. The van der Waals surface area contributed by atoms with Gasteiger partial charge in [0.05, 0.1) is 18.1 Å². The zero-order valence-electron chi connectivity index (χ0n) is 14.9. The molecule has 0 bridgehead atoms. The van der Waals surface area contributed by atoms with Crippen LogP contribution < -0.4 is 14.2 Å². The van der Waals surface area contributed by atoms with Gasteiger partial charge in [0.1, 0.15) is 13.2 Å². The van der Waals surface area contributed by atoms with Gasteiger partial charge >= 0.3 is 0 Å². The number of nitrogens with zero attached hydrogens (tertiary/aromatic N) is 2. The van der Waals surface area contributed by atoms with E-state index >= 15 is 0 Å². The van der Waals surface area contributed by atoms with Crippen molar-refractivity contribution in [3.63, 3.8) is 0 Å². The number of carbonyl (C=O) groups is 1. The van der Waals surface area contributed by atoms with Gasteiger partial charge in [-0.25, -0.2) is 4.98 Å². The van der Waals surface area contributed by atoms with Gasteiger partial charge in [-0.15, -0.1) is 0 Å². The first-order valence-electron chi connectivity index (χ1n) is 8.39. The second-order valence-corrected chi connectivity index (χ2v) is 6.51. The van der Waals surface area contributed by atoms with E-state index in [2.05, 4.69) is 4.98 Å². The van der Waals surface area contributed by atoms with Crippen molar-refractivity contribution in [1.82, 2.24) is 9.55 Å². The summed E-state index contributed by atoms with van der Waals surface area (Å²) < 4.78 is 18.3. The number of ketones is 1. The number of halogens is 1. The fourth-order valence-corrected chi connectivity index (χ4v) is 3.20. The number of carbonyl (C=O) groups excluding carboxylic acids is 1. The Labute approximate surface area is 160 Å². The van der Waals surface area contributed by atoms with Crippen molar-refractivity contribution in [2.75, 3.05) is 20.3 Å². The van der Waals surface area contributed by atoms with Gasteiger partial charge in [-0.1, -0.05) is 17.7 Å². The summed E-state index contributed by atoms with van der Waals surface area (Å²) in [5, 5.41) is 0.582. The van der Waals surface area contributed by atoms with Crippen LogP contribution in [0.3, 0.4) is 0 Å². The monoisotopic (exact) mass is 384 g/mol. The maximum atomic E-state index is 12.6. The fraction of sp³-hybridized carbons (Fsp3) is 0.200. The summed E-state index contributed by atoms with van der Waals surface area (Å²) in [6.07, 6.45) is 3.18. The summed E-state index contributed by atoms with van der Waals surface area (Å²) in [5.41, 5.74) is 2.30. The third-order valence-electron chi connectivity index (χ3n) is 4.34. The highest BCUT2D eigenvalue weighted by Crippen LogP contribution is 2.40. The van der Waals surface area contributed by atoms with Crippen LogP contribution in [0.1, 0.15) is 16.2 Å². The molecule has 1 aliphatic rings. The van der Waals surface area contributed by atoms with E-state index in [-0.39, 0.29) is 5.78 Å². The van der Waals surface area contributed by atoms with Crippen LogP contribution >= 0.6 is 11.6 Å². The number of ether oxygens (including phenoxy) is 3. The number of rotatable bonds is 4. The highest BCUT2D eigenvalue weighted by Gasteiger charge is 2.18. The fourth-order valence-electron chi connectivity index (χ4n) is 3.03. The molecule has 0 unspecified atom stereocenters. The Balaban J connectivity index is 1.65. The molecule has 6 nitrogen and oxygen atoms in total. The van der Waals surface area contributed by atoms with Crippen LogP contribution in [0, 0.1) is 0 Å². The number of aromatic nitrogens is 2. The minimum absolute atomic E-state index is 0.210. The summed E-state index contributed by atoms with van der Waals surface area (Å²) in [5.74, 6) is 1.88. The smallest absolute Gasteiger partial charge is 0.221 e. The van der Waals surface area contributed by atoms with Crippen molar-refractivity contribution in [3.8, 4) is 17.2 Å². The third-order valence-corrected chi connectivity index (χ3v) is 4.58. The van der Waals surface area contributed by atoms with Crippen molar-refractivity contribution in [2.45, 2.75) is 0 Å². The number of fused-ring (bicyclic) bond motifs is 2. The zero-order valence-corrected chi connectivity index (χ0v) is 15.6. The lowest BCUT2D eigenvalue weighted by atomic mass is 10.1. The molecule has 0 saturated heterocycles. The summed E-state index contributed by atoms with van der Waals surface area (Å²) in [7, 11) is 3.37. The van der Waals surface area contributed by atoms with Crippen molar-refractivity contribution in [1.29, 1.82) is 0 Å². The molecule has 4 rings (SSSR count). The molecular formula is C20H17ClN2O4. The van der Waals surface area contributed by atoms with Gasteiger partial charge in [0, 0.05) is 12.1 Å². The number of benzene rings is 2. The lowest BCUT2D eigenvalue weighted by Gasteiger charge is -2.20. The Hall–Kier alpha value is -2.99. The second-order valence-electron chi connectivity index (χ2n) is 6.07. The first-order chi connectivity index (χ1) is 13.1. The Morgan fingerprint density at radius 1 is 1.26 bits per heavy atom. The molecule has 0 N–H and O–H groups in total. The molecule has 0 aliphatic carbocycles. The number of aryl methyl sites for hydroxylation is 1. The van der Waals surface area contributed by atoms with Gasteiger partial charge in [-0.05, 0) is 42.0 Å². The Kier molecular flexibility index (Phi) is 4.49. The van der Waals surface area contributed by atoms with E-state index in [9.17, 15) is 4.79 Å². The van der Waals surface area contributed by atoms with Gasteiger partial charge in [-0.2, -0.15) is 0 Å². The topological polar surface area (TPSA) is 62.6 Å². The quantitative estimate of drug-likeness (QED) is 0.504. The molecule has 0 radical (unpaired) electrons. The molecule has 0 amide bonds. The van der Waals surface area contributed by atoms with Crippen LogP contribution in [0.2, 0.25) is 5.02 Å². The molecule has 2 aromatic carbocycles. The van der Waals surface area contributed by atoms with Crippen molar-refractivity contribution >= 4 is 34.5 Å². The summed E-state index contributed by atoms with van der Waals surface area (Å²) in [6, 6.07) is 8.97. The summed E-state index contributed by atoms with van der Waals surface area (Å²) in [6.45, 7) is 0.957. The number of imidazole rings is 1. The molecular weight excluding hydrogens is 368 g/mol. The minimum atomic E-state index is -0.210. The van der Waals surface area contributed by atoms with Crippen LogP contribution in [0.15, 0.2) is 36.4 Å². The molecule has 0 saturated carbocycles. The molecule has 0 spiro atoms. The number of hydrogen-bond donors (Lipinski definition) is 0. The van der Waals surface area contributed by atoms with Crippen LogP contribution in [-0.2, 0) is 7.05 Å². The van der Waals surface area contributed by atoms with E-state index in [1.54, 1.807) is 43.0 Å². The van der Waals surface area contributed by atoms with Gasteiger partial charge in [0.2, 0.25) is 11.5 Å². The summed E-state index contributed by atoms with van der Waals surface area (Å²) in [4.78, 5) is 17.0. The number of allylic oxidation sites excluding steroid dienone is 1. The van der Waals surface area contributed by atoms with Gasteiger partial charge in [0.15, 0.2) is 17.3 Å². The normalized spacial score (nSPS) is 13.3. The van der Waals surface area contributed by atoms with Crippen LogP contribution in [0.5, 0.6) is 17.2 Å². The van der Waals surface area contributed by atoms with Crippen LogP contribution in [0.25, 0.3) is 17.1 Å². The first-order valence-corrected chi connectivity index (χ1v) is 8.76. The molecule has 0 fully saturated rings. The molecule has 138 valence electrons. The SMILES string of the molecule is COc1cc(/C=C/C(=O)c2nc3cc(Cl)ccc3n2C)cc2c1OCCO2. The molecule has 2 heterocycles. The molecule has 0 atom stereocenters. The molecule has 7 heteroatoms. The van der Waals surface area contributed by atoms with Crippen molar-refractivity contribution < 1.29 is 19.0 Å². The molecule has 1 aliphatic heterocycles. The highest BCUT2D eigenvalue weighted by atomic mass is 35.5. The number of methoxy groups -OCH3 is 1. The minimum Gasteiger partial charge on any atom is -0.493 e. The van der Waals surface area contributed by atoms with Crippen LogP contribution in [-0.4, -0.2) is 35.7 Å². The second kappa shape index (κ2) is 6.96. The zero-order chi connectivity index (χ0) is 19.0. The van der Waals surface area contributed by atoms with Gasteiger partial charge in [-0.3, -0.25) is 4.79 Å². The molecule has 1 aromatic heterocycles. The third kappa shape index (κ3) is 3.24. The largest absolute Gasteiger partial charge is 0.493 e. The average molecular weight is 385 g/mol.